The van der Waals surface area contributed by atoms with E-state index >= 15 is 0 Å². The van der Waals surface area contributed by atoms with E-state index in [0.29, 0.717) is 6.04 Å². The van der Waals surface area contributed by atoms with E-state index in [1.165, 1.54) is 72.4 Å². The average molecular weight is 593 g/mol. The van der Waals surface area contributed by atoms with Gasteiger partial charge in [0.2, 0.25) is 0 Å². The molecule has 2 aromatic rings. The van der Waals surface area contributed by atoms with Gasteiger partial charge >= 0.3 is 0 Å². The molecule has 44 heavy (non-hydrogen) atoms. The first-order chi connectivity index (χ1) is 21.1. The van der Waals surface area contributed by atoms with Gasteiger partial charge in [0.25, 0.3) is 0 Å². The maximum Gasteiger partial charge on any atom is 0.0432 e. The summed E-state index contributed by atoms with van der Waals surface area (Å²) < 4.78 is 0. The van der Waals surface area contributed by atoms with Gasteiger partial charge in [0.05, 0.1) is 0 Å². The minimum Gasteiger partial charge on any atom is -0.359 e. The highest BCUT2D eigenvalue weighted by atomic mass is 15.3. The molecule has 4 rings (SSSR count). The van der Waals surface area contributed by atoms with Gasteiger partial charge in [-0.15, -0.1) is 6.58 Å². The first-order valence-corrected chi connectivity index (χ1v) is 15.8. The van der Waals surface area contributed by atoms with Crippen LogP contribution in [0.4, 0.5) is 11.4 Å². The standard InChI is InChI=1S/C27H36N4.C10H14.C3H6/c1-19(2)28-26-18-24(11-9-20(26)3)29-21(4)22-10-12-25-23(17-22)7-6-8-27(25)31-15-13-30(5)14-16-31;1-5-8-9(4)10(6-2)7-3;1-3-2/h9-12,17-18,27-29H,1,4,6-8,13-16H2,2-3,5H3;5-8H,1-2H2,3-4H3;3H,1H2,2H3/b;9-8+,10-7+;. The van der Waals surface area contributed by atoms with Crippen molar-refractivity contribution in [3.63, 3.8) is 0 Å². The van der Waals surface area contributed by atoms with Crippen LogP contribution in [0.5, 0.6) is 0 Å². The van der Waals surface area contributed by atoms with Crippen molar-refractivity contribution in [2.24, 2.45) is 0 Å². The topological polar surface area (TPSA) is 30.5 Å². The van der Waals surface area contributed by atoms with E-state index in [1.54, 1.807) is 12.2 Å². The fourth-order valence-electron chi connectivity index (χ4n) is 5.58. The summed E-state index contributed by atoms with van der Waals surface area (Å²) in [4.78, 5) is 5.12. The smallest absolute Gasteiger partial charge is 0.0432 e. The third-order valence-electron chi connectivity index (χ3n) is 7.99. The van der Waals surface area contributed by atoms with Crippen molar-refractivity contribution in [3.05, 3.63) is 139 Å². The van der Waals surface area contributed by atoms with Gasteiger partial charge in [-0.2, -0.15) is 0 Å². The van der Waals surface area contributed by atoms with Crippen LogP contribution in [0, 0.1) is 6.92 Å². The Hall–Kier alpha value is -3.86. The molecule has 0 saturated carbocycles. The normalized spacial score (nSPS) is 17.0. The number of fused-ring (bicyclic) bond motifs is 1. The minimum absolute atomic E-state index is 0.570. The largest absolute Gasteiger partial charge is 0.359 e. The Kier molecular flexibility index (Phi) is 15.5. The van der Waals surface area contributed by atoms with E-state index in [-0.39, 0.29) is 0 Å². The molecule has 1 aliphatic heterocycles. The lowest BCUT2D eigenvalue weighted by Crippen LogP contribution is -2.46. The highest BCUT2D eigenvalue weighted by Gasteiger charge is 2.28. The molecule has 2 aliphatic rings. The fraction of sp³-hybridized carbons (Fsp3) is 0.350. The maximum atomic E-state index is 4.33. The van der Waals surface area contributed by atoms with Gasteiger partial charge in [0, 0.05) is 55.0 Å². The number of likely N-dealkylation sites (N-methyl/N-ethyl adjacent to an activating group) is 1. The highest BCUT2D eigenvalue weighted by molar-refractivity contribution is 5.78. The summed E-state index contributed by atoms with van der Waals surface area (Å²) in [6.45, 7) is 33.6. The van der Waals surface area contributed by atoms with E-state index in [9.17, 15) is 0 Å². The van der Waals surface area contributed by atoms with Crippen LogP contribution < -0.4 is 10.6 Å². The van der Waals surface area contributed by atoms with Crippen LogP contribution >= 0.6 is 0 Å². The van der Waals surface area contributed by atoms with E-state index in [1.807, 2.05) is 45.9 Å². The summed E-state index contributed by atoms with van der Waals surface area (Å²) >= 11 is 0. The maximum absolute atomic E-state index is 4.33. The average Bonchev–Trinajstić information content (AvgIpc) is 3.00. The third-order valence-corrected chi connectivity index (χ3v) is 7.99. The quantitative estimate of drug-likeness (QED) is 0.224. The molecule has 4 heteroatoms. The molecule has 0 amide bonds. The fourth-order valence-corrected chi connectivity index (χ4v) is 5.58. The van der Waals surface area contributed by atoms with Crippen LogP contribution in [0.1, 0.15) is 68.8 Å². The lowest BCUT2D eigenvalue weighted by atomic mass is 9.85. The Bertz CT molecular complexity index is 1350. The molecular formula is C40H56N4. The van der Waals surface area contributed by atoms with Crippen molar-refractivity contribution in [3.8, 4) is 0 Å². The molecule has 1 heterocycles. The molecule has 1 saturated heterocycles. The van der Waals surface area contributed by atoms with Crippen LogP contribution in [0.15, 0.2) is 117 Å². The summed E-state index contributed by atoms with van der Waals surface area (Å²) in [5.74, 6) is 0. The summed E-state index contributed by atoms with van der Waals surface area (Å²) in [5.41, 5.74) is 11.7. The predicted molar refractivity (Wildman–Crippen MR) is 197 cm³/mol. The molecule has 1 atom stereocenters. The predicted octanol–water partition coefficient (Wildman–Crippen LogP) is 10.1. The van der Waals surface area contributed by atoms with Crippen LogP contribution in [0.25, 0.3) is 5.70 Å². The number of nitrogens with one attached hydrogen (secondary N) is 2. The van der Waals surface area contributed by atoms with Gasteiger partial charge in [-0.05, 0) is 113 Å². The number of aryl methyl sites for hydroxylation is 2. The number of anilines is 2. The number of nitrogens with zero attached hydrogens (tertiary/aromatic N) is 2. The molecule has 2 N–H and O–H groups in total. The van der Waals surface area contributed by atoms with E-state index < -0.39 is 0 Å². The third kappa shape index (κ3) is 11.0. The lowest BCUT2D eigenvalue weighted by molar-refractivity contribution is 0.102. The van der Waals surface area contributed by atoms with Gasteiger partial charge in [-0.3, -0.25) is 4.90 Å². The van der Waals surface area contributed by atoms with Crippen molar-refractivity contribution in [1.82, 2.24) is 9.80 Å². The molecule has 236 valence electrons. The summed E-state index contributed by atoms with van der Waals surface area (Å²) in [6.07, 6.45) is 13.1. The molecule has 1 unspecified atom stereocenters. The number of allylic oxidation sites excluding steroid dienone is 8. The Morgan fingerprint density at radius 1 is 0.932 bits per heavy atom. The Morgan fingerprint density at radius 3 is 2.20 bits per heavy atom. The second kappa shape index (κ2) is 18.7. The summed E-state index contributed by atoms with van der Waals surface area (Å²) in [6, 6.07) is 13.9. The minimum atomic E-state index is 0.570. The second-order valence-electron chi connectivity index (χ2n) is 11.6. The van der Waals surface area contributed by atoms with Crippen molar-refractivity contribution >= 4 is 17.1 Å². The Balaban J connectivity index is 0.000000439. The molecular weight excluding hydrogens is 536 g/mol. The number of hydrogen-bond donors (Lipinski definition) is 2. The molecule has 1 fully saturated rings. The lowest BCUT2D eigenvalue weighted by Gasteiger charge is -2.40. The van der Waals surface area contributed by atoms with Crippen LogP contribution in [-0.4, -0.2) is 43.0 Å². The summed E-state index contributed by atoms with van der Waals surface area (Å²) in [7, 11) is 2.22. The van der Waals surface area contributed by atoms with Gasteiger partial charge in [-0.25, -0.2) is 0 Å². The first-order valence-electron chi connectivity index (χ1n) is 15.8. The zero-order valence-electron chi connectivity index (χ0n) is 28.3. The van der Waals surface area contributed by atoms with Crippen LogP contribution in [0.3, 0.4) is 0 Å². The Morgan fingerprint density at radius 2 is 1.61 bits per heavy atom. The van der Waals surface area contributed by atoms with E-state index in [2.05, 4.69) is 104 Å². The zero-order valence-corrected chi connectivity index (χ0v) is 28.3. The molecule has 4 nitrogen and oxygen atoms in total. The van der Waals surface area contributed by atoms with Crippen molar-refractivity contribution in [2.45, 2.75) is 59.9 Å². The Labute approximate surface area is 268 Å². The van der Waals surface area contributed by atoms with Gasteiger partial charge in [0.15, 0.2) is 0 Å². The molecule has 2 aromatic carbocycles. The van der Waals surface area contributed by atoms with Crippen LogP contribution in [0.2, 0.25) is 0 Å². The van der Waals surface area contributed by atoms with E-state index in [4.69, 9.17) is 0 Å². The zero-order chi connectivity index (χ0) is 32.6. The number of rotatable bonds is 9. The monoisotopic (exact) mass is 592 g/mol. The van der Waals surface area contributed by atoms with Crippen molar-refractivity contribution in [2.75, 3.05) is 43.9 Å². The van der Waals surface area contributed by atoms with Gasteiger partial charge < -0.3 is 15.5 Å². The highest BCUT2D eigenvalue weighted by Crippen LogP contribution is 2.36. The summed E-state index contributed by atoms with van der Waals surface area (Å²) in [5, 5.41) is 6.84. The van der Waals surface area contributed by atoms with Gasteiger partial charge in [-0.1, -0.05) is 74.9 Å². The SMILES string of the molecule is C=C(C)Nc1cc(NC(=C)c2ccc3c(c2)CCCC3N2CCN(C)CC2)ccc1C.C=C/C=C(C)/C(C=C)=C/C.C=CC. The molecule has 0 spiro atoms. The van der Waals surface area contributed by atoms with Gasteiger partial charge in [0.1, 0.15) is 0 Å². The van der Waals surface area contributed by atoms with Crippen molar-refractivity contribution in [1.29, 1.82) is 0 Å². The number of hydrogen-bond acceptors (Lipinski definition) is 4. The molecule has 0 radical (unpaired) electrons. The van der Waals surface area contributed by atoms with Crippen molar-refractivity contribution < 1.29 is 0 Å². The number of piperazine rings is 1. The van der Waals surface area contributed by atoms with Crippen LogP contribution in [-0.2, 0) is 6.42 Å². The first kappa shape index (κ1) is 36.3. The molecule has 0 aromatic heterocycles. The van der Waals surface area contributed by atoms with E-state index in [0.717, 1.165) is 29.2 Å². The number of benzene rings is 2. The molecule has 0 bridgehead atoms. The second-order valence-corrected chi connectivity index (χ2v) is 11.6. The molecule has 1 aliphatic carbocycles.